The van der Waals surface area contributed by atoms with E-state index in [-0.39, 0.29) is 6.61 Å². The van der Waals surface area contributed by atoms with Crippen LogP contribution in [0.1, 0.15) is 27.7 Å². The molecule has 90 valence electrons. The van der Waals surface area contributed by atoms with Gasteiger partial charge in [0.25, 0.3) is 0 Å². The van der Waals surface area contributed by atoms with Crippen molar-refractivity contribution in [3.05, 3.63) is 0 Å². The van der Waals surface area contributed by atoms with Crippen LogP contribution in [-0.4, -0.2) is 36.1 Å². The number of hydrogen-bond acceptors (Lipinski definition) is 3. The average molecular weight is 221 g/mol. The Labute approximate surface area is 89.8 Å². The molecule has 0 saturated heterocycles. The van der Waals surface area contributed by atoms with Gasteiger partial charge in [-0.1, -0.05) is 6.92 Å². The lowest BCUT2D eigenvalue weighted by atomic mass is 10.1. The van der Waals surface area contributed by atoms with Crippen LogP contribution in [0.15, 0.2) is 0 Å². The second kappa shape index (κ2) is 5.90. The molecular weight excluding hydrogens is 201 g/mol. The van der Waals surface area contributed by atoms with Gasteiger partial charge in [0.1, 0.15) is 5.60 Å². The summed E-state index contributed by atoms with van der Waals surface area (Å²) in [7, 11) is 0. The molecular formula is C10H20FNO3. The van der Waals surface area contributed by atoms with Gasteiger partial charge in [0.15, 0.2) is 0 Å². The first-order valence-corrected chi connectivity index (χ1v) is 4.96. The summed E-state index contributed by atoms with van der Waals surface area (Å²) in [4.78, 5) is 11.3. The van der Waals surface area contributed by atoms with Crippen molar-refractivity contribution in [2.24, 2.45) is 5.92 Å². The van der Waals surface area contributed by atoms with E-state index in [0.717, 1.165) is 0 Å². The Balaban J connectivity index is 4.13. The largest absolute Gasteiger partial charge is 0.444 e. The van der Waals surface area contributed by atoms with Crippen molar-refractivity contribution in [1.82, 2.24) is 5.32 Å². The topological polar surface area (TPSA) is 58.6 Å². The van der Waals surface area contributed by atoms with Crippen LogP contribution >= 0.6 is 0 Å². The van der Waals surface area contributed by atoms with E-state index in [1.165, 1.54) is 0 Å². The molecule has 0 heterocycles. The molecule has 15 heavy (non-hydrogen) atoms. The van der Waals surface area contributed by atoms with Gasteiger partial charge >= 0.3 is 6.09 Å². The first-order valence-electron chi connectivity index (χ1n) is 4.96. The fourth-order valence-corrected chi connectivity index (χ4v) is 0.934. The molecule has 0 aromatic carbocycles. The summed E-state index contributed by atoms with van der Waals surface area (Å²) in [5.41, 5.74) is -0.594. The van der Waals surface area contributed by atoms with Crippen molar-refractivity contribution < 1.29 is 19.0 Å². The van der Waals surface area contributed by atoms with Crippen LogP contribution in [0.3, 0.4) is 0 Å². The van der Waals surface area contributed by atoms with Gasteiger partial charge in [-0.2, -0.15) is 0 Å². The molecule has 0 spiro atoms. The van der Waals surface area contributed by atoms with Crippen LogP contribution in [-0.2, 0) is 4.74 Å². The Morgan fingerprint density at radius 1 is 1.53 bits per heavy atom. The Kier molecular flexibility index (Phi) is 5.57. The van der Waals surface area contributed by atoms with Gasteiger partial charge < -0.3 is 15.2 Å². The SMILES string of the molecule is C[C@H](CF)[C@@H](CO)NC(=O)OC(C)(C)C. The van der Waals surface area contributed by atoms with Crippen LogP contribution in [0.5, 0.6) is 0 Å². The number of carbonyl (C=O) groups excluding carboxylic acids is 1. The Bertz CT molecular complexity index is 203. The highest BCUT2D eigenvalue weighted by molar-refractivity contribution is 5.68. The number of hydrogen-bond donors (Lipinski definition) is 2. The molecule has 0 aromatic rings. The quantitative estimate of drug-likeness (QED) is 0.756. The lowest BCUT2D eigenvalue weighted by Gasteiger charge is -2.24. The van der Waals surface area contributed by atoms with Crippen LogP contribution < -0.4 is 5.32 Å². The molecule has 0 bridgehead atoms. The third kappa shape index (κ3) is 6.28. The van der Waals surface area contributed by atoms with E-state index in [9.17, 15) is 9.18 Å². The van der Waals surface area contributed by atoms with Gasteiger partial charge in [-0.3, -0.25) is 4.39 Å². The molecule has 2 atom stereocenters. The van der Waals surface area contributed by atoms with Crippen molar-refractivity contribution in [1.29, 1.82) is 0 Å². The maximum Gasteiger partial charge on any atom is 0.407 e. The van der Waals surface area contributed by atoms with E-state index >= 15 is 0 Å². The third-order valence-electron chi connectivity index (χ3n) is 1.83. The number of halogens is 1. The third-order valence-corrected chi connectivity index (χ3v) is 1.83. The molecule has 0 rings (SSSR count). The number of ether oxygens (including phenoxy) is 1. The molecule has 0 fully saturated rings. The number of aliphatic hydroxyl groups is 1. The van der Waals surface area contributed by atoms with Gasteiger partial charge in [-0.15, -0.1) is 0 Å². The van der Waals surface area contributed by atoms with Gasteiger partial charge in [0.05, 0.1) is 19.3 Å². The van der Waals surface area contributed by atoms with Gasteiger partial charge in [-0.25, -0.2) is 4.79 Å². The summed E-state index contributed by atoms with van der Waals surface area (Å²) in [6.07, 6.45) is -0.637. The predicted molar refractivity (Wildman–Crippen MR) is 55.4 cm³/mol. The minimum Gasteiger partial charge on any atom is -0.444 e. The monoisotopic (exact) mass is 221 g/mol. The van der Waals surface area contributed by atoms with E-state index in [2.05, 4.69) is 5.32 Å². The van der Waals surface area contributed by atoms with Crippen molar-refractivity contribution in [3.8, 4) is 0 Å². The van der Waals surface area contributed by atoms with Crippen molar-refractivity contribution in [2.45, 2.75) is 39.3 Å². The maximum atomic E-state index is 12.3. The smallest absolute Gasteiger partial charge is 0.407 e. The zero-order valence-corrected chi connectivity index (χ0v) is 9.71. The second-order valence-electron chi connectivity index (χ2n) is 4.57. The molecule has 1 amide bonds. The molecule has 0 aromatic heterocycles. The summed E-state index contributed by atoms with van der Waals surface area (Å²) in [5, 5.41) is 11.4. The second-order valence-corrected chi connectivity index (χ2v) is 4.57. The Hall–Kier alpha value is -0.840. The molecule has 0 aliphatic carbocycles. The first-order chi connectivity index (χ1) is 6.80. The molecule has 0 unspecified atom stereocenters. The highest BCUT2D eigenvalue weighted by Crippen LogP contribution is 2.08. The van der Waals surface area contributed by atoms with Gasteiger partial charge in [-0.05, 0) is 20.8 Å². The zero-order chi connectivity index (χ0) is 12.1. The number of amides is 1. The number of alkyl halides is 1. The van der Waals surface area contributed by atoms with Gasteiger partial charge in [0.2, 0.25) is 0 Å². The lowest BCUT2D eigenvalue weighted by Crippen LogP contribution is -2.45. The summed E-state index contributed by atoms with van der Waals surface area (Å²) < 4.78 is 17.3. The first kappa shape index (κ1) is 14.2. The van der Waals surface area contributed by atoms with E-state index in [1.807, 2.05) is 0 Å². The summed E-state index contributed by atoms with van der Waals surface area (Å²) in [6.45, 7) is 5.92. The number of carbonyl (C=O) groups is 1. The molecule has 0 radical (unpaired) electrons. The van der Waals surface area contributed by atoms with Crippen LogP contribution in [0, 0.1) is 5.92 Å². The molecule has 0 aliphatic heterocycles. The summed E-state index contributed by atoms with van der Waals surface area (Å²) >= 11 is 0. The molecule has 2 N–H and O–H groups in total. The standard InChI is InChI=1S/C10H20FNO3/c1-7(5-11)8(6-13)12-9(14)15-10(2,3)4/h7-8,13H,5-6H2,1-4H3,(H,12,14)/t7-,8-/m1/s1. The Morgan fingerprint density at radius 2 is 2.07 bits per heavy atom. The van der Waals surface area contributed by atoms with Crippen molar-refractivity contribution in [2.75, 3.05) is 13.3 Å². The molecule has 0 saturated carbocycles. The molecule has 5 heteroatoms. The van der Waals surface area contributed by atoms with E-state index < -0.39 is 30.3 Å². The Morgan fingerprint density at radius 3 is 2.40 bits per heavy atom. The minimum absolute atomic E-state index is 0.301. The van der Waals surface area contributed by atoms with Gasteiger partial charge in [0, 0.05) is 5.92 Å². The lowest BCUT2D eigenvalue weighted by molar-refractivity contribution is 0.0451. The zero-order valence-electron chi connectivity index (χ0n) is 9.71. The van der Waals surface area contributed by atoms with Crippen LogP contribution in [0.2, 0.25) is 0 Å². The average Bonchev–Trinajstić information content (AvgIpc) is 2.10. The van der Waals surface area contributed by atoms with E-state index in [1.54, 1.807) is 27.7 Å². The number of alkyl carbamates (subject to hydrolysis) is 1. The number of nitrogens with one attached hydrogen (secondary N) is 1. The van der Waals surface area contributed by atoms with E-state index in [0.29, 0.717) is 0 Å². The summed E-state index contributed by atoms with van der Waals surface area (Å²) in [6, 6.07) is -0.607. The van der Waals surface area contributed by atoms with Crippen LogP contribution in [0.4, 0.5) is 9.18 Å². The minimum atomic E-state index is -0.637. The number of rotatable bonds is 4. The number of aliphatic hydroxyl groups excluding tert-OH is 1. The maximum absolute atomic E-state index is 12.3. The van der Waals surface area contributed by atoms with Crippen molar-refractivity contribution >= 4 is 6.09 Å². The highest BCUT2D eigenvalue weighted by atomic mass is 19.1. The van der Waals surface area contributed by atoms with Crippen LogP contribution in [0.25, 0.3) is 0 Å². The highest BCUT2D eigenvalue weighted by Gasteiger charge is 2.22. The fourth-order valence-electron chi connectivity index (χ4n) is 0.934. The molecule has 0 aliphatic rings. The summed E-state index contributed by atoms with van der Waals surface area (Å²) in [5.74, 6) is -0.428. The molecule has 4 nitrogen and oxygen atoms in total. The fraction of sp³-hybridized carbons (Fsp3) is 0.900. The van der Waals surface area contributed by atoms with Crippen molar-refractivity contribution in [3.63, 3.8) is 0 Å². The predicted octanol–water partition coefficient (Wildman–Crippen LogP) is 1.48. The van der Waals surface area contributed by atoms with E-state index in [4.69, 9.17) is 9.84 Å². The normalized spacial score (nSPS) is 15.6.